The highest BCUT2D eigenvalue weighted by molar-refractivity contribution is 5.22. The average Bonchev–Trinajstić information content (AvgIpc) is 3.15. The summed E-state index contributed by atoms with van der Waals surface area (Å²) in [5.74, 6) is 0. The van der Waals surface area contributed by atoms with Crippen molar-refractivity contribution in [3.63, 3.8) is 0 Å². The van der Waals surface area contributed by atoms with Crippen LogP contribution in [-0.2, 0) is 4.74 Å². The van der Waals surface area contributed by atoms with Crippen molar-refractivity contribution >= 4 is 0 Å². The van der Waals surface area contributed by atoms with Crippen LogP contribution in [0.5, 0.6) is 0 Å². The Kier molecular flexibility index (Phi) is 5.80. The maximum absolute atomic E-state index is 8.31. The molecule has 0 bridgehead atoms. The van der Waals surface area contributed by atoms with E-state index in [4.69, 9.17) is 6.11 Å². The van der Waals surface area contributed by atoms with Gasteiger partial charge in [-0.1, -0.05) is 88.6 Å². The SMILES string of the molecule is [2H][C@@]1(c2ccccc2)O[C@@H]1CCCCCCCCCC. The minimum absolute atomic E-state index is 0.116. The molecule has 1 aliphatic heterocycles. The fraction of sp³-hybridized carbons (Fsp3) is 0.667. The molecule has 0 N–H and O–H groups in total. The Morgan fingerprint density at radius 1 is 0.947 bits per heavy atom. The van der Waals surface area contributed by atoms with E-state index in [2.05, 4.69) is 6.92 Å². The third kappa shape index (κ3) is 5.36. The summed E-state index contributed by atoms with van der Waals surface area (Å²) in [6, 6.07) is 9.96. The number of ether oxygens (including phenoxy) is 1. The molecule has 106 valence electrons. The molecule has 1 nitrogen and oxygen atoms in total. The van der Waals surface area contributed by atoms with Crippen LogP contribution in [0.3, 0.4) is 0 Å². The Morgan fingerprint density at radius 2 is 1.58 bits per heavy atom. The van der Waals surface area contributed by atoms with Crippen molar-refractivity contribution in [1.29, 1.82) is 0 Å². The molecule has 2 atom stereocenters. The molecular weight excluding hydrogens is 232 g/mol. The molecule has 1 aromatic carbocycles. The van der Waals surface area contributed by atoms with E-state index >= 15 is 0 Å². The van der Waals surface area contributed by atoms with Gasteiger partial charge in [0.15, 0.2) is 0 Å². The van der Waals surface area contributed by atoms with Crippen molar-refractivity contribution < 1.29 is 6.11 Å². The first-order valence-corrected chi connectivity index (χ1v) is 8.00. The molecule has 1 aliphatic rings. The van der Waals surface area contributed by atoms with Gasteiger partial charge >= 0.3 is 0 Å². The van der Waals surface area contributed by atoms with E-state index < -0.39 is 6.08 Å². The van der Waals surface area contributed by atoms with Crippen molar-refractivity contribution in [3.8, 4) is 0 Å². The summed E-state index contributed by atoms with van der Waals surface area (Å²) in [7, 11) is 0. The van der Waals surface area contributed by atoms with Crippen LogP contribution in [0.25, 0.3) is 0 Å². The summed E-state index contributed by atoms with van der Waals surface area (Å²) in [6.07, 6.45) is 11.1. The smallest absolute Gasteiger partial charge is 0.109 e. The second kappa shape index (κ2) is 8.37. The van der Waals surface area contributed by atoms with Crippen molar-refractivity contribution in [2.45, 2.75) is 76.9 Å². The van der Waals surface area contributed by atoms with Crippen LogP contribution in [0.15, 0.2) is 30.3 Å². The average molecular weight is 261 g/mol. The summed E-state index contributed by atoms with van der Waals surface area (Å²) < 4.78 is 13.9. The van der Waals surface area contributed by atoms with Crippen molar-refractivity contribution in [2.75, 3.05) is 0 Å². The van der Waals surface area contributed by atoms with Gasteiger partial charge in [-0.05, 0) is 12.0 Å². The standard InChI is InChI=1S/C18H28O/c1-2-3-4-5-6-7-8-12-15-17-18(19-17)16-13-10-9-11-14-16/h9-11,13-14,17-18H,2-8,12,15H2,1H3/t17-,18+/m1/s1/i18D. The van der Waals surface area contributed by atoms with Gasteiger partial charge in [0.1, 0.15) is 6.08 Å². The summed E-state index contributed by atoms with van der Waals surface area (Å²) in [5, 5.41) is 0. The van der Waals surface area contributed by atoms with E-state index in [1.54, 1.807) is 0 Å². The van der Waals surface area contributed by atoms with Crippen LogP contribution in [-0.4, -0.2) is 6.10 Å². The van der Waals surface area contributed by atoms with Gasteiger partial charge in [-0.15, -0.1) is 0 Å². The molecule has 1 heterocycles. The fourth-order valence-corrected chi connectivity index (χ4v) is 2.63. The molecule has 0 radical (unpaired) electrons. The predicted molar refractivity (Wildman–Crippen MR) is 81.3 cm³/mol. The molecule has 1 fully saturated rings. The Bertz CT molecular complexity index is 378. The van der Waals surface area contributed by atoms with Crippen LogP contribution in [0.1, 0.15) is 77.7 Å². The molecule has 0 amide bonds. The van der Waals surface area contributed by atoms with E-state index in [0.29, 0.717) is 0 Å². The van der Waals surface area contributed by atoms with Gasteiger partial charge in [0.2, 0.25) is 0 Å². The zero-order valence-electron chi connectivity index (χ0n) is 13.2. The number of hydrogen-bond acceptors (Lipinski definition) is 1. The Hall–Kier alpha value is -0.820. The van der Waals surface area contributed by atoms with Crippen LogP contribution >= 0.6 is 0 Å². The largest absolute Gasteiger partial charge is 0.365 e. The van der Waals surface area contributed by atoms with E-state index in [1.807, 2.05) is 30.3 Å². The highest BCUT2D eigenvalue weighted by Gasteiger charge is 2.38. The zero-order chi connectivity index (χ0) is 14.3. The lowest BCUT2D eigenvalue weighted by Gasteiger charge is -2.00. The lowest BCUT2D eigenvalue weighted by atomic mass is 10.0. The molecule has 0 unspecified atom stereocenters. The number of rotatable bonds is 10. The molecule has 1 aromatic rings. The second-order valence-corrected chi connectivity index (χ2v) is 5.60. The van der Waals surface area contributed by atoms with E-state index in [-0.39, 0.29) is 6.10 Å². The van der Waals surface area contributed by atoms with Gasteiger partial charge in [-0.3, -0.25) is 0 Å². The van der Waals surface area contributed by atoms with E-state index in [0.717, 1.165) is 12.0 Å². The van der Waals surface area contributed by atoms with Crippen LogP contribution in [0, 0.1) is 0 Å². The van der Waals surface area contributed by atoms with Crippen molar-refractivity contribution in [3.05, 3.63) is 35.9 Å². The maximum Gasteiger partial charge on any atom is 0.109 e. The number of unbranched alkanes of at least 4 members (excludes halogenated alkanes) is 7. The highest BCUT2D eigenvalue weighted by Crippen LogP contribution is 2.41. The van der Waals surface area contributed by atoms with E-state index in [9.17, 15) is 0 Å². The fourth-order valence-electron chi connectivity index (χ4n) is 2.63. The van der Waals surface area contributed by atoms with E-state index in [1.165, 1.54) is 51.4 Å². The second-order valence-electron chi connectivity index (χ2n) is 5.60. The highest BCUT2D eigenvalue weighted by atomic mass is 16.6. The molecule has 1 heteroatoms. The zero-order valence-corrected chi connectivity index (χ0v) is 12.2. The quantitative estimate of drug-likeness (QED) is 0.391. The Balaban J connectivity index is 1.54. The van der Waals surface area contributed by atoms with Gasteiger partial charge in [0.05, 0.1) is 7.47 Å². The minimum atomic E-state index is -0.748. The number of benzene rings is 1. The first-order chi connectivity index (χ1) is 9.77. The summed E-state index contributed by atoms with van der Waals surface area (Å²) >= 11 is 0. The molecule has 0 aliphatic carbocycles. The van der Waals surface area contributed by atoms with Gasteiger partial charge in [-0.2, -0.15) is 0 Å². The van der Waals surface area contributed by atoms with Crippen LogP contribution < -0.4 is 0 Å². The van der Waals surface area contributed by atoms with Crippen molar-refractivity contribution in [2.24, 2.45) is 0 Å². The van der Waals surface area contributed by atoms with Gasteiger partial charge < -0.3 is 4.74 Å². The molecule has 0 aromatic heterocycles. The van der Waals surface area contributed by atoms with Crippen molar-refractivity contribution in [1.82, 2.24) is 0 Å². The molecule has 1 saturated heterocycles. The van der Waals surface area contributed by atoms with Crippen LogP contribution in [0.2, 0.25) is 0 Å². The van der Waals surface area contributed by atoms with Gasteiger partial charge in [0, 0.05) is 0 Å². The topological polar surface area (TPSA) is 12.5 Å². The lowest BCUT2D eigenvalue weighted by Crippen LogP contribution is -1.89. The predicted octanol–water partition coefficient (Wildman–Crippen LogP) is 5.66. The first-order valence-electron chi connectivity index (χ1n) is 8.50. The van der Waals surface area contributed by atoms with Gasteiger partial charge in [-0.25, -0.2) is 0 Å². The summed E-state index contributed by atoms with van der Waals surface area (Å²) in [5.41, 5.74) is 1.00. The summed E-state index contributed by atoms with van der Waals surface area (Å²) in [6.45, 7) is 2.26. The third-order valence-corrected chi connectivity index (χ3v) is 3.88. The van der Waals surface area contributed by atoms with Crippen LogP contribution in [0.4, 0.5) is 0 Å². The number of hydrogen-bond donors (Lipinski definition) is 0. The molecular formula is C18H28O. The monoisotopic (exact) mass is 261 g/mol. The van der Waals surface area contributed by atoms with Gasteiger partial charge in [0.25, 0.3) is 0 Å². The molecule has 0 saturated carbocycles. The Labute approximate surface area is 119 Å². The Morgan fingerprint density at radius 3 is 2.26 bits per heavy atom. The molecule has 19 heavy (non-hydrogen) atoms. The third-order valence-electron chi connectivity index (χ3n) is 3.88. The molecule has 2 rings (SSSR count). The first kappa shape index (κ1) is 13.2. The lowest BCUT2D eigenvalue weighted by molar-refractivity contribution is 0.360. The summed E-state index contributed by atoms with van der Waals surface area (Å²) in [4.78, 5) is 0. The normalized spacial score (nSPS) is 26.2. The number of epoxide rings is 1. The molecule has 0 spiro atoms. The minimum Gasteiger partial charge on any atom is -0.365 e. The maximum atomic E-state index is 8.31.